The van der Waals surface area contributed by atoms with Crippen molar-refractivity contribution >= 4 is 5.91 Å². The zero-order valence-corrected chi connectivity index (χ0v) is 16.3. The van der Waals surface area contributed by atoms with Gasteiger partial charge in [-0.25, -0.2) is 0 Å². The van der Waals surface area contributed by atoms with Crippen molar-refractivity contribution in [1.29, 1.82) is 0 Å². The summed E-state index contributed by atoms with van der Waals surface area (Å²) in [6, 6.07) is 25.7. The molecule has 4 heteroatoms. The highest BCUT2D eigenvalue weighted by atomic mass is 16.5. The van der Waals surface area contributed by atoms with Crippen molar-refractivity contribution in [3.8, 4) is 11.5 Å². The Bertz CT molecular complexity index is 853. The monoisotopic (exact) mass is 375 g/mol. The van der Waals surface area contributed by atoms with Crippen molar-refractivity contribution in [2.45, 2.75) is 19.5 Å². The van der Waals surface area contributed by atoms with E-state index in [9.17, 15) is 4.79 Å². The lowest BCUT2D eigenvalue weighted by atomic mass is 10.1. The second-order valence-corrected chi connectivity index (χ2v) is 6.59. The zero-order valence-electron chi connectivity index (χ0n) is 16.3. The average Bonchev–Trinajstić information content (AvgIpc) is 2.74. The van der Waals surface area contributed by atoms with Gasteiger partial charge in [-0.3, -0.25) is 4.79 Å². The van der Waals surface area contributed by atoms with Gasteiger partial charge < -0.3 is 14.4 Å². The molecule has 0 spiro atoms. The van der Waals surface area contributed by atoms with E-state index >= 15 is 0 Å². The molecule has 3 aromatic carbocycles. The first-order chi connectivity index (χ1) is 13.7. The Labute approximate surface area is 166 Å². The van der Waals surface area contributed by atoms with Gasteiger partial charge in [0.1, 0.15) is 0 Å². The average molecular weight is 375 g/mol. The van der Waals surface area contributed by atoms with Gasteiger partial charge in [0, 0.05) is 13.1 Å². The molecule has 0 radical (unpaired) electrons. The highest BCUT2D eigenvalue weighted by molar-refractivity contribution is 5.79. The van der Waals surface area contributed by atoms with Crippen LogP contribution in [0, 0.1) is 0 Å². The quantitative estimate of drug-likeness (QED) is 0.583. The third-order valence-electron chi connectivity index (χ3n) is 4.59. The Morgan fingerprint density at radius 1 is 0.714 bits per heavy atom. The van der Waals surface area contributed by atoms with Crippen LogP contribution in [0.3, 0.4) is 0 Å². The third kappa shape index (κ3) is 5.13. The van der Waals surface area contributed by atoms with Gasteiger partial charge in [0.2, 0.25) is 5.91 Å². The molecule has 0 aliphatic rings. The summed E-state index contributed by atoms with van der Waals surface area (Å²) in [6.07, 6.45) is 0.306. The van der Waals surface area contributed by atoms with Crippen LogP contribution in [0.15, 0.2) is 78.9 Å². The molecule has 0 aliphatic carbocycles. The van der Waals surface area contributed by atoms with Gasteiger partial charge in [-0.1, -0.05) is 66.7 Å². The van der Waals surface area contributed by atoms with E-state index in [1.165, 1.54) is 0 Å². The van der Waals surface area contributed by atoms with Crippen LogP contribution >= 0.6 is 0 Å². The van der Waals surface area contributed by atoms with Gasteiger partial charge in [0.15, 0.2) is 11.5 Å². The van der Waals surface area contributed by atoms with E-state index in [0.717, 1.165) is 16.7 Å². The number of hydrogen-bond donors (Lipinski definition) is 0. The maximum absolute atomic E-state index is 13.1. The van der Waals surface area contributed by atoms with Crippen molar-refractivity contribution in [2.24, 2.45) is 0 Å². The minimum Gasteiger partial charge on any atom is -0.493 e. The van der Waals surface area contributed by atoms with Crippen LogP contribution in [-0.2, 0) is 24.3 Å². The van der Waals surface area contributed by atoms with E-state index in [1.807, 2.05) is 83.8 Å². The minimum atomic E-state index is 0.0694. The molecule has 0 unspecified atom stereocenters. The first kappa shape index (κ1) is 19.5. The molecule has 0 saturated carbocycles. The molecule has 4 nitrogen and oxygen atoms in total. The summed E-state index contributed by atoms with van der Waals surface area (Å²) in [5, 5.41) is 0. The molecule has 0 aliphatic heterocycles. The molecule has 3 rings (SSSR count). The normalized spacial score (nSPS) is 10.4. The largest absolute Gasteiger partial charge is 0.493 e. The SMILES string of the molecule is COc1ccc(CC(=O)N(Cc2ccccc2)Cc2ccccc2)cc1OC. The van der Waals surface area contributed by atoms with Crippen LogP contribution in [-0.4, -0.2) is 25.0 Å². The predicted molar refractivity (Wildman–Crippen MR) is 110 cm³/mol. The molecule has 144 valence electrons. The number of ether oxygens (including phenoxy) is 2. The summed E-state index contributed by atoms with van der Waals surface area (Å²) in [5.74, 6) is 1.36. The second kappa shape index (κ2) is 9.60. The lowest BCUT2D eigenvalue weighted by Crippen LogP contribution is -2.31. The van der Waals surface area contributed by atoms with Gasteiger partial charge in [-0.2, -0.15) is 0 Å². The van der Waals surface area contributed by atoms with Crippen LogP contribution in [0.25, 0.3) is 0 Å². The molecular weight excluding hydrogens is 350 g/mol. The topological polar surface area (TPSA) is 38.8 Å². The fourth-order valence-corrected chi connectivity index (χ4v) is 3.12. The van der Waals surface area contributed by atoms with Crippen LogP contribution < -0.4 is 9.47 Å². The summed E-state index contributed by atoms with van der Waals surface area (Å²) in [5.41, 5.74) is 3.12. The lowest BCUT2D eigenvalue weighted by Gasteiger charge is -2.23. The van der Waals surface area contributed by atoms with Crippen LogP contribution in [0.5, 0.6) is 11.5 Å². The molecule has 0 atom stereocenters. The number of benzene rings is 3. The van der Waals surface area contributed by atoms with Crippen molar-refractivity contribution in [3.63, 3.8) is 0 Å². The number of nitrogens with zero attached hydrogens (tertiary/aromatic N) is 1. The molecule has 0 fully saturated rings. The maximum Gasteiger partial charge on any atom is 0.227 e. The summed E-state index contributed by atoms with van der Waals surface area (Å²) in [6.45, 7) is 1.14. The number of hydrogen-bond acceptors (Lipinski definition) is 3. The zero-order chi connectivity index (χ0) is 19.8. The fourth-order valence-electron chi connectivity index (χ4n) is 3.12. The molecule has 0 heterocycles. The van der Waals surface area contributed by atoms with Gasteiger partial charge in [0.05, 0.1) is 20.6 Å². The van der Waals surface area contributed by atoms with Crippen molar-refractivity contribution in [2.75, 3.05) is 14.2 Å². The number of rotatable bonds is 8. The summed E-state index contributed by atoms with van der Waals surface area (Å²) >= 11 is 0. The number of carbonyl (C=O) groups is 1. The lowest BCUT2D eigenvalue weighted by molar-refractivity contribution is -0.131. The van der Waals surface area contributed by atoms with Gasteiger partial charge in [-0.15, -0.1) is 0 Å². The molecule has 0 N–H and O–H groups in total. The van der Waals surface area contributed by atoms with Crippen molar-refractivity contribution < 1.29 is 14.3 Å². The highest BCUT2D eigenvalue weighted by Gasteiger charge is 2.16. The van der Waals surface area contributed by atoms with E-state index < -0.39 is 0 Å². The molecule has 0 saturated heterocycles. The highest BCUT2D eigenvalue weighted by Crippen LogP contribution is 2.28. The van der Waals surface area contributed by atoms with E-state index in [-0.39, 0.29) is 5.91 Å². The molecule has 1 amide bonds. The predicted octanol–water partition coefficient (Wildman–Crippen LogP) is 4.48. The smallest absolute Gasteiger partial charge is 0.227 e. The van der Waals surface area contributed by atoms with Crippen LogP contribution in [0.2, 0.25) is 0 Å². The molecule has 0 bridgehead atoms. The van der Waals surface area contributed by atoms with E-state index in [4.69, 9.17) is 9.47 Å². The van der Waals surface area contributed by atoms with Crippen molar-refractivity contribution in [3.05, 3.63) is 95.6 Å². The number of methoxy groups -OCH3 is 2. The van der Waals surface area contributed by atoms with E-state index in [2.05, 4.69) is 0 Å². The number of amides is 1. The maximum atomic E-state index is 13.1. The molecule has 0 aromatic heterocycles. The molecular formula is C24H25NO3. The standard InChI is InChI=1S/C24H25NO3/c1-27-22-14-13-21(15-23(22)28-2)16-24(26)25(17-19-9-5-3-6-10-19)18-20-11-7-4-8-12-20/h3-15H,16-18H2,1-2H3. The summed E-state index contributed by atoms with van der Waals surface area (Å²) in [4.78, 5) is 15.0. The Balaban J connectivity index is 1.79. The molecule has 28 heavy (non-hydrogen) atoms. The van der Waals surface area contributed by atoms with Crippen LogP contribution in [0.4, 0.5) is 0 Å². The van der Waals surface area contributed by atoms with Gasteiger partial charge >= 0.3 is 0 Å². The van der Waals surface area contributed by atoms with E-state index in [0.29, 0.717) is 31.0 Å². The minimum absolute atomic E-state index is 0.0694. The van der Waals surface area contributed by atoms with Crippen molar-refractivity contribution in [1.82, 2.24) is 4.90 Å². The Morgan fingerprint density at radius 2 is 1.25 bits per heavy atom. The Kier molecular flexibility index (Phi) is 6.68. The fraction of sp³-hybridized carbons (Fsp3) is 0.208. The first-order valence-electron chi connectivity index (χ1n) is 9.26. The third-order valence-corrected chi connectivity index (χ3v) is 4.59. The first-order valence-corrected chi connectivity index (χ1v) is 9.26. The van der Waals surface area contributed by atoms with Gasteiger partial charge in [-0.05, 0) is 28.8 Å². The summed E-state index contributed by atoms with van der Waals surface area (Å²) in [7, 11) is 3.20. The molecule has 3 aromatic rings. The Morgan fingerprint density at radius 3 is 1.75 bits per heavy atom. The van der Waals surface area contributed by atoms with E-state index in [1.54, 1.807) is 14.2 Å². The van der Waals surface area contributed by atoms with Gasteiger partial charge in [0.25, 0.3) is 0 Å². The number of carbonyl (C=O) groups excluding carboxylic acids is 1. The summed E-state index contributed by atoms with van der Waals surface area (Å²) < 4.78 is 10.6. The Hall–Kier alpha value is -3.27. The second-order valence-electron chi connectivity index (χ2n) is 6.59. The van der Waals surface area contributed by atoms with Crippen LogP contribution in [0.1, 0.15) is 16.7 Å².